The van der Waals surface area contributed by atoms with Gasteiger partial charge in [0.1, 0.15) is 0 Å². The number of benzene rings is 1. The number of hydrogen-bond acceptors (Lipinski definition) is 4. The minimum Gasteiger partial charge on any atom is -0.490 e. The number of fused-ring (bicyclic) bond motifs is 1. The first kappa shape index (κ1) is 19.3. The predicted molar refractivity (Wildman–Crippen MR) is 110 cm³/mol. The summed E-state index contributed by atoms with van der Waals surface area (Å²) in [6.07, 6.45) is 3.56. The minimum absolute atomic E-state index is 0. The number of nitrogens with one attached hydrogen (secondary N) is 1. The van der Waals surface area contributed by atoms with Gasteiger partial charge in [0.05, 0.1) is 13.2 Å². The lowest BCUT2D eigenvalue weighted by atomic mass is 10.2. The second-order valence-corrected chi connectivity index (χ2v) is 5.66. The topological polar surface area (TPSA) is 81.8 Å². The van der Waals surface area contributed by atoms with Gasteiger partial charge in [0.15, 0.2) is 17.5 Å². The largest absolute Gasteiger partial charge is 0.490 e. The molecular weight excluding hydrogens is 431 g/mol. The van der Waals surface area contributed by atoms with Crippen molar-refractivity contribution in [1.29, 1.82) is 0 Å². The number of aryl methyl sites for hydroxylation is 1. The van der Waals surface area contributed by atoms with Crippen LogP contribution in [0.2, 0.25) is 0 Å². The van der Waals surface area contributed by atoms with Crippen LogP contribution in [0, 0.1) is 6.92 Å². The van der Waals surface area contributed by atoms with E-state index in [-0.39, 0.29) is 24.0 Å². The number of pyridine rings is 1. The molecule has 0 radical (unpaired) electrons. The second kappa shape index (κ2) is 9.45. The van der Waals surface area contributed by atoms with Gasteiger partial charge in [-0.25, -0.2) is 0 Å². The maximum Gasteiger partial charge on any atom is 0.193 e. The smallest absolute Gasteiger partial charge is 0.193 e. The molecule has 25 heavy (non-hydrogen) atoms. The lowest BCUT2D eigenvalue weighted by Crippen LogP contribution is -2.23. The van der Waals surface area contributed by atoms with Crippen LogP contribution in [0.25, 0.3) is 0 Å². The molecule has 0 saturated carbocycles. The van der Waals surface area contributed by atoms with Gasteiger partial charge in [-0.2, -0.15) is 0 Å². The van der Waals surface area contributed by atoms with E-state index in [2.05, 4.69) is 21.4 Å². The summed E-state index contributed by atoms with van der Waals surface area (Å²) in [6.45, 7) is 3.91. The summed E-state index contributed by atoms with van der Waals surface area (Å²) in [5.41, 5.74) is 8.94. The number of rotatable bonds is 4. The van der Waals surface area contributed by atoms with Crippen molar-refractivity contribution in [3.8, 4) is 11.5 Å². The second-order valence-electron chi connectivity index (χ2n) is 5.66. The van der Waals surface area contributed by atoms with Gasteiger partial charge in [-0.15, -0.1) is 24.0 Å². The summed E-state index contributed by atoms with van der Waals surface area (Å²) in [5, 5.41) is 3.08. The molecule has 0 unspecified atom stereocenters. The fraction of sp³-hybridized carbons (Fsp3) is 0.333. The van der Waals surface area contributed by atoms with Crippen molar-refractivity contribution in [2.45, 2.75) is 19.8 Å². The summed E-state index contributed by atoms with van der Waals surface area (Å²) in [4.78, 5) is 8.62. The summed E-state index contributed by atoms with van der Waals surface area (Å²) >= 11 is 0. The molecule has 0 fully saturated rings. The van der Waals surface area contributed by atoms with Gasteiger partial charge in [-0.1, -0.05) is 6.07 Å². The van der Waals surface area contributed by atoms with Crippen LogP contribution in [-0.2, 0) is 6.42 Å². The first-order valence-corrected chi connectivity index (χ1v) is 8.09. The zero-order valence-electron chi connectivity index (χ0n) is 14.2. The predicted octanol–water partition coefficient (Wildman–Crippen LogP) is 3.14. The maximum atomic E-state index is 5.95. The Hall–Kier alpha value is -2.03. The summed E-state index contributed by atoms with van der Waals surface area (Å²) in [5.74, 6) is 1.88. The highest BCUT2D eigenvalue weighted by Gasteiger charge is 2.10. The molecule has 3 rings (SSSR count). The molecule has 1 aromatic heterocycles. The number of guanidine groups is 1. The number of hydrogen-bond donors (Lipinski definition) is 2. The van der Waals surface area contributed by atoms with Crippen LogP contribution in [0.4, 0.5) is 5.69 Å². The van der Waals surface area contributed by atoms with Crippen molar-refractivity contribution in [2.75, 3.05) is 25.1 Å². The molecule has 6 nitrogen and oxygen atoms in total. The fourth-order valence-corrected chi connectivity index (χ4v) is 2.38. The van der Waals surface area contributed by atoms with Crippen LogP contribution < -0.4 is 20.5 Å². The first-order valence-electron chi connectivity index (χ1n) is 8.09. The Labute approximate surface area is 164 Å². The van der Waals surface area contributed by atoms with E-state index in [9.17, 15) is 0 Å². The van der Waals surface area contributed by atoms with Gasteiger partial charge in [0, 0.05) is 36.6 Å². The average Bonchev–Trinajstić information content (AvgIpc) is 2.81. The van der Waals surface area contributed by atoms with Gasteiger partial charge < -0.3 is 20.5 Å². The Kier molecular flexibility index (Phi) is 7.30. The average molecular weight is 454 g/mol. The summed E-state index contributed by atoms with van der Waals surface area (Å²) in [7, 11) is 0. The molecule has 1 aliphatic rings. The van der Waals surface area contributed by atoms with E-state index in [4.69, 9.17) is 15.2 Å². The summed E-state index contributed by atoms with van der Waals surface area (Å²) < 4.78 is 11.3. The molecule has 3 N–H and O–H groups in total. The van der Waals surface area contributed by atoms with Crippen molar-refractivity contribution in [2.24, 2.45) is 10.7 Å². The number of nitrogens with zero attached hydrogens (tertiary/aromatic N) is 2. The number of aromatic nitrogens is 1. The van der Waals surface area contributed by atoms with Crippen LogP contribution in [-0.4, -0.2) is 30.7 Å². The Balaban J connectivity index is 0.00000225. The monoisotopic (exact) mass is 454 g/mol. The van der Waals surface area contributed by atoms with Crippen LogP contribution in [0.5, 0.6) is 11.5 Å². The standard InChI is InChI=1S/C18H22N4O2.HI/c1-13-3-4-14(12-21-13)7-8-20-18(19)22-15-5-6-16-17(11-15)24-10-2-9-23-16;/h3-6,11-12H,2,7-10H2,1H3,(H3,19,20,22);1H. The lowest BCUT2D eigenvalue weighted by Gasteiger charge is -2.10. The van der Waals surface area contributed by atoms with E-state index in [0.29, 0.717) is 25.7 Å². The van der Waals surface area contributed by atoms with Gasteiger partial charge in [-0.3, -0.25) is 9.98 Å². The summed E-state index contributed by atoms with van der Waals surface area (Å²) in [6, 6.07) is 9.73. The Bertz CT molecular complexity index is 720. The van der Waals surface area contributed by atoms with Crippen molar-refractivity contribution in [3.05, 3.63) is 47.8 Å². The fourth-order valence-electron chi connectivity index (χ4n) is 2.38. The Morgan fingerprint density at radius 2 is 2.00 bits per heavy atom. The van der Waals surface area contributed by atoms with E-state index in [1.807, 2.05) is 37.4 Å². The number of aliphatic imine (C=N–C) groups is 1. The van der Waals surface area contributed by atoms with Gasteiger partial charge in [0.2, 0.25) is 0 Å². The molecule has 1 aliphatic heterocycles. The first-order chi connectivity index (χ1) is 11.7. The third-order valence-corrected chi connectivity index (χ3v) is 3.68. The molecular formula is C18H23IN4O2. The van der Waals surface area contributed by atoms with E-state index >= 15 is 0 Å². The normalized spacial score (nSPS) is 13.6. The molecule has 0 spiro atoms. The van der Waals surface area contributed by atoms with Crippen molar-refractivity contribution < 1.29 is 9.47 Å². The third-order valence-electron chi connectivity index (χ3n) is 3.68. The van der Waals surface area contributed by atoms with Crippen molar-refractivity contribution >= 4 is 35.6 Å². The zero-order chi connectivity index (χ0) is 16.8. The van der Waals surface area contributed by atoms with E-state index in [1.165, 1.54) is 0 Å². The van der Waals surface area contributed by atoms with Crippen LogP contribution in [0.3, 0.4) is 0 Å². The number of ether oxygens (including phenoxy) is 2. The van der Waals surface area contributed by atoms with E-state index in [1.54, 1.807) is 0 Å². The van der Waals surface area contributed by atoms with Gasteiger partial charge in [0.25, 0.3) is 0 Å². The molecule has 134 valence electrons. The molecule has 0 amide bonds. The molecule has 2 aromatic rings. The van der Waals surface area contributed by atoms with Gasteiger partial charge in [-0.05, 0) is 37.1 Å². The van der Waals surface area contributed by atoms with Crippen molar-refractivity contribution in [1.82, 2.24) is 4.98 Å². The molecule has 0 aliphatic carbocycles. The molecule has 0 bridgehead atoms. The molecule has 0 saturated heterocycles. The van der Waals surface area contributed by atoms with Crippen LogP contribution >= 0.6 is 24.0 Å². The highest BCUT2D eigenvalue weighted by atomic mass is 127. The SMILES string of the molecule is Cc1ccc(CCN=C(N)Nc2ccc3c(c2)OCCCO3)cn1.I. The van der Waals surface area contributed by atoms with Gasteiger partial charge >= 0.3 is 0 Å². The van der Waals surface area contributed by atoms with Crippen molar-refractivity contribution in [3.63, 3.8) is 0 Å². The molecule has 0 atom stereocenters. The highest BCUT2D eigenvalue weighted by molar-refractivity contribution is 14.0. The number of halogens is 1. The minimum atomic E-state index is 0. The Morgan fingerprint density at radius 1 is 1.20 bits per heavy atom. The molecule has 1 aromatic carbocycles. The van der Waals surface area contributed by atoms with E-state index in [0.717, 1.165) is 41.3 Å². The van der Waals surface area contributed by atoms with Crippen LogP contribution in [0.15, 0.2) is 41.5 Å². The molecule has 7 heteroatoms. The van der Waals surface area contributed by atoms with Crippen LogP contribution in [0.1, 0.15) is 17.7 Å². The number of nitrogens with two attached hydrogens (primary N) is 1. The highest BCUT2D eigenvalue weighted by Crippen LogP contribution is 2.32. The quantitative estimate of drug-likeness (QED) is 0.422. The lowest BCUT2D eigenvalue weighted by molar-refractivity contribution is 0.297. The zero-order valence-corrected chi connectivity index (χ0v) is 16.5. The third kappa shape index (κ3) is 5.77. The molecule has 2 heterocycles. The number of anilines is 1. The maximum absolute atomic E-state index is 5.95. The Morgan fingerprint density at radius 3 is 2.76 bits per heavy atom. The van der Waals surface area contributed by atoms with E-state index < -0.39 is 0 Å².